The van der Waals surface area contributed by atoms with Gasteiger partial charge in [0, 0.05) is 24.3 Å². The van der Waals surface area contributed by atoms with Gasteiger partial charge < -0.3 is 15.3 Å². The van der Waals surface area contributed by atoms with E-state index >= 15 is 0 Å². The van der Waals surface area contributed by atoms with Gasteiger partial charge in [-0.25, -0.2) is 4.79 Å². The molecule has 4 nitrogen and oxygen atoms in total. The lowest BCUT2D eigenvalue weighted by Crippen LogP contribution is -2.32. The summed E-state index contributed by atoms with van der Waals surface area (Å²) >= 11 is 0. The molecule has 0 saturated carbocycles. The van der Waals surface area contributed by atoms with E-state index in [-0.39, 0.29) is 12.6 Å². The monoisotopic (exact) mass is 220 g/mol. The fourth-order valence-electron chi connectivity index (χ4n) is 1.89. The molecule has 0 radical (unpaired) electrons. The molecule has 0 aliphatic carbocycles. The average Bonchev–Trinajstić information content (AvgIpc) is 2.83. The lowest BCUT2D eigenvalue weighted by atomic mass is 10.2. The molecule has 16 heavy (non-hydrogen) atoms. The van der Waals surface area contributed by atoms with Crippen LogP contribution in [0.5, 0.6) is 0 Å². The van der Waals surface area contributed by atoms with E-state index in [4.69, 9.17) is 5.11 Å². The number of hydrogen-bond acceptors (Lipinski definition) is 2. The van der Waals surface area contributed by atoms with E-state index in [9.17, 15) is 4.79 Å². The lowest BCUT2D eigenvalue weighted by molar-refractivity contribution is 0.222. The first-order valence-corrected chi connectivity index (χ1v) is 5.56. The molecule has 4 heteroatoms. The normalized spacial score (nSPS) is 15.2. The van der Waals surface area contributed by atoms with Crippen molar-refractivity contribution in [3.8, 4) is 0 Å². The fraction of sp³-hybridized carbons (Fsp3) is 0.417. The van der Waals surface area contributed by atoms with E-state index in [2.05, 4.69) is 5.32 Å². The number of nitrogens with zero attached hydrogens (tertiary/aromatic N) is 1. The van der Waals surface area contributed by atoms with Gasteiger partial charge >= 0.3 is 6.03 Å². The number of urea groups is 1. The van der Waals surface area contributed by atoms with Gasteiger partial charge in [0.1, 0.15) is 0 Å². The summed E-state index contributed by atoms with van der Waals surface area (Å²) in [5.74, 6) is 0. The van der Waals surface area contributed by atoms with Crippen LogP contribution in [0.4, 0.5) is 10.5 Å². The van der Waals surface area contributed by atoms with Crippen molar-refractivity contribution in [1.82, 2.24) is 4.90 Å². The van der Waals surface area contributed by atoms with Crippen LogP contribution in [0.1, 0.15) is 18.4 Å². The van der Waals surface area contributed by atoms with E-state index in [1.54, 1.807) is 17.0 Å². The molecule has 0 aromatic heterocycles. The van der Waals surface area contributed by atoms with Gasteiger partial charge in [0.05, 0.1) is 6.61 Å². The standard InChI is InChI=1S/C12H16N2O2/c15-9-10-5-1-2-6-11(10)13-12(16)14-7-3-4-8-14/h1-2,5-6,15H,3-4,7-9H2,(H,13,16). The number of amides is 2. The highest BCUT2D eigenvalue weighted by atomic mass is 16.3. The molecule has 1 aliphatic rings. The summed E-state index contributed by atoms with van der Waals surface area (Å²) in [6, 6.07) is 7.23. The molecule has 2 N–H and O–H groups in total. The zero-order valence-corrected chi connectivity index (χ0v) is 9.15. The Balaban J connectivity index is 2.05. The Morgan fingerprint density at radius 2 is 2.00 bits per heavy atom. The minimum absolute atomic E-state index is 0.0591. The zero-order chi connectivity index (χ0) is 11.4. The van der Waals surface area contributed by atoms with Crippen LogP contribution in [0.25, 0.3) is 0 Å². The first-order chi connectivity index (χ1) is 7.81. The number of aliphatic hydroxyl groups excluding tert-OH is 1. The first kappa shape index (κ1) is 11.0. The van der Waals surface area contributed by atoms with Crippen LogP contribution in [-0.4, -0.2) is 29.1 Å². The van der Waals surface area contributed by atoms with Gasteiger partial charge in [-0.1, -0.05) is 18.2 Å². The number of carbonyl (C=O) groups excluding carboxylic acids is 1. The predicted octanol–water partition coefficient (Wildman–Crippen LogP) is 1.81. The number of aliphatic hydroxyl groups is 1. The lowest BCUT2D eigenvalue weighted by Gasteiger charge is -2.17. The second-order valence-corrected chi connectivity index (χ2v) is 3.94. The third-order valence-corrected chi connectivity index (χ3v) is 2.82. The molecular formula is C12H16N2O2. The van der Waals surface area contributed by atoms with Crippen LogP contribution in [0.3, 0.4) is 0 Å². The summed E-state index contributed by atoms with van der Waals surface area (Å²) in [7, 11) is 0. The van der Waals surface area contributed by atoms with Crippen molar-refractivity contribution in [2.75, 3.05) is 18.4 Å². The molecule has 0 atom stereocenters. The van der Waals surface area contributed by atoms with Gasteiger partial charge in [-0.3, -0.25) is 0 Å². The minimum Gasteiger partial charge on any atom is -0.392 e. The van der Waals surface area contributed by atoms with Crippen LogP contribution in [-0.2, 0) is 6.61 Å². The molecule has 1 fully saturated rings. The van der Waals surface area contributed by atoms with Gasteiger partial charge in [-0.2, -0.15) is 0 Å². The second-order valence-electron chi connectivity index (χ2n) is 3.94. The van der Waals surface area contributed by atoms with E-state index in [0.29, 0.717) is 5.69 Å². The Hall–Kier alpha value is -1.55. The maximum Gasteiger partial charge on any atom is 0.321 e. The number of benzene rings is 1. The molecule has 0 spiro atoms. The minimum atomic E-state index is -0.0709. The van der Waals surface area contributed by atoms with E-state index < -0.39 is 0 Å². The molecule has 1 saturated heterocycles. The Morgan fingerprint density at radius 1 is 1.31 bits per heavy atom. The van der Waals surface area contributed by atoms with Gasteiger partial charge in [-0.15, -0.1) is 0 Å². The summed E-state index contributed by atoms with van der Waals surface area (Å²) in [5.41, 5.74) is 1.44. The number of anilines is 1. The number of likely N-dealkylation sites (tertiary alicyclic amines) is 1. The van der Waals surface area contributed by atoms with Crippen LogP contribution in [0.2, 0.25) is 0 Å². The average molecular weight is 220 g/mol. The number of carbonyl (C=O) groups is 1. The van der Waals surface area contributed by atoms with Crippen molar-refractivity contribution in [3.63, 3.8) is 0 Å². The smallest absolute Gasteiger partial charge is 0.321 e. The molecule has 0 unspecified atom stereocenters. The van der Waals surface area contributed by atoms with Crippen LogP contribution < -0.4 is 5.32 Å². The van der Waals surface area contributed by atoms with Crippen molar-refractivity contribution >= 4 is 11.7 Å². The summed E-state index contributed by atoms with van der Waals surface area (Å²) in [4.78, 5) is 13.6. The molecule has 1 aliphatic heterocycles. The van der Waals surface area contributed by atoms with E-state index in [1.807, 2.05) is 12.1 Å². The molecule has 0 bridgehead atoms. The Morgan fingerprint density at radius 3 is 2.69 bits per heavy atom. The highest BCUT2D eigenvalue weighted by Gasteiger charge is 2.18. The predicted molar refractivity (Wildman–Crippen MR) is 62.2 cm³/mol. The second kappa shape index (κ2) is 4.99. The van der Waals surface area contributed by atoms with Crippen LogP contribution in [0.15, 0.2) is 24.3 Å². The number of rotatable bonds is 2. The third-order valence-electron chi connectivity index (χ3n) is 2.82. The number of nitrogens with one attached hydrogen (secondary N) is 1. The van der Waals surface area contributed by atoms with Gasteiger partial charge in [0.25, 0.3) is 0 Å². The van der Waals surface area contributed by atoms with Gasteiger partial charge in [0.15, 0.2) is 0 Å². The Labute approximate surface area is 94.9 Å². The maximum atomic E-state index is 11.8. The highest BCUT2D eigenvalue weighted by molar-refractivity contribution is 5.90. The van der Waals surface area contributed by atoms with E-state index in [0.717, 1.165) is 31.5 Å². The molecule has 1 heterocycles. The van der Waals surface area contributed by atoms with Crippen LogP contribution in [0, 0.1) is 0 Å². The molecule has 2 rings (SSSR count). The Kier molecular flexibility index (Phi) is 3.41. The summed E-state index contributed by atoms with van der Waals surface area (Å²) in [6.45, 7) is 1.59. The number of para-hydroxylation sites is 1. The molecule has 1 aromatic rings. The van der Waals surface area contributed by atoms with Gasteiger partial charge in [-0.05, 0) is 18.9 Å². The van der Waals surface area contributed by atoms with E-state index in [1.165, 1.54) is 0 Å². The SMILES string of the molecule is O=C(Nc1ccccc1CO)N1CCCC1. The quantitative estimate of drug-likeness (QED) is 0.798. The molecule has 2 amide bonds. The Bertz CT molecular complexity index is 373. The van der Waals surface area contributed by atoms with Crippen molar-refractivity contribution in [3.05, 3.63) is 29.8 Å². The van der Waals surface area contributed by atoms with Gasteiger partial charge in [0.2, 0.25) is 0 Å². The summed E-state index contributed by atoms with van der Waals surface area (Å²) < 4.78 is 0. The van der Waals surface area contributed by atoms with Crippen molar-refractivity contribution < 1.29 is 9.90 Å². The highest BCUT2D eigenvalue weighted by Crippen LogP contribution is 2.16. The summed E-state index contributed by atoms with van der Waals surface area (Å²) in [5, 5.41) is 12.0. The molecule has 1 aromatic carbocycles. The fourth-order valence-corrected chi connectivity index (χ4v) is 1.89. The maximum absolute atomic E-state index is 11.8. The molecular weight excluding hydrogens is 204 g/mol. The summed E-state index contributed by atoms with van der Waals surface area (Å²) in [6.07, 6.45) is 2.16. The first-order valence-electron chi connectivity index (χ1n) is 5.56. The van der Waals surface area contributed by atoms with Crippen molar-refractivity contribution in [2.45, 2.75) is 19.4 Å². The number of hydrogen-bond donors (Lipinski definition) is 2. The molecule has 86 valence electrons. The van der Waals surface area contributed by atoms with Crippen molar-refractivity contribution in [2.24, 2.45) is 0 Å². The van der Waals surface area contributed by atoms with Crippen molar-refractivity contribution in [1.29, 1.82) is 0 Å². The zero-order valence-electron chi connectivity index (χ0n) is 9.15. The topological polar surface area (TPSA) is 52.6 Å². The third kappa shape index (κ3) is 2.33. The largest absolute Gasteiger partial charge is 0.392 e. The van der Waals surface area contributed by atoms with Crippen LogP contribution >= 0.6 is 0 Å².